The first-order valence-electron chi connectivity index (χ1n) is 11.2. The summed E-state index contributed by atoms with van der Waals surface area (Å²) in [5.41, 5.74) is 4.36. The number of hydrogen-bond acceptors (Lipinski definition) is 5. The Labute approximate surface area is 187 Å². The van der Waals surface area contributed by atoms with Crippen LogP contribution in [0.5, 0.6) is 0 Å². The fraction of sp³-hybridized carbons (Fsp3) is 0.360. The first-order chi connectivity index (χ1) is 15.6. The minimum Gasteiger partial charge on any atom is -0.464 e. The SMILES string of the molecule is COC(=O)c1[nH]c2ccccc2c1NC(=O)CN1CCC(N2CCc3ccccc32)CC1. The molecule has 7 nitrogen and oxygen atoms in total. The van der Waals surface area contributed by atoms with Crippen molar-refractivity contribution in [2.24, 2.45) is 0 Å². The molecule has 166 valence electrons. The average molecular weight is 433 g/mol. The van der Waals surface area contributed by atoms with Gasteiger partial charge in [-0.05, 0) is 37.0 Å². The fourth-order valence-corrected chi connectivity index (χ4v) is 5.04. The molecule has 7 heteroatoms. The molecule has 2 aliphatic heterocycles. The highest BCUT2D eigenvalue weighted by Crippen LogP contribution is 2.32. The zero-order valence-electron chi connectivity index (χ0n) is 18.3. The third kappa shape index (κ3) is 3.84. The molecule has 1 aromatic heterocycles. The van der Waals surface area contributed by atoms with E-state index in [4.69, 9.17) is 4.74 Å². The number of carbonyl (C=O) groups is 2. The Kier molecular flexibility index (Phi) is 5.57. The number of carbonyl (C=O) groups excluding carboxylic acids is 2. The van der Waals surface area contributed by atoms with Crippen LogP contribution < -0.4 is 10.2 Å². The number of para-hydroxylation sites is 2. The predicted molar refractivity (Wildman–Crippen MR) is 125 cm³/mol. The number of H-pyrrole nitrogens is 1. The molecule has 2 aliphatic rings. The largest absolute Gasteiger partial charge is 0.464 e. The first-order valence-corrected chi connectivity index (χ1v) is 11.2. The molecule has 1 fully saturated rings. The Balaban J connectivity index is 1.22. The van der Waals surface area contributed by atoms with Gasteiger partial charge in [0.2, 0.25) is 5.91 Å². The summed E-state index contributed by atoms with van der Waals surface area (Å²) >= 11 is 0. The van der Waals surface area contributed by atoms with E-state index in [1.54, 1.807) is 0 Å². The molecule has 3 aromatic rings. The van der Waals surface area contributed by atoms with Gasteiger partial charge < -0.3 is 19.9 Å². The summed E-state index contributed by atoms with van der Waals surface area (Å²) in [6, 6.07) is 16.7. The molecule has 0 atom stereocenters. The number of benzene rings is 2. The van der Waals surface area contributed by atoms with Crippen molar-refractivity contribution in [1.82, 2.24) is 9.88 Å². The van der Waals surface area contributed by atoms with Crippen molar-refractivity contribution < 1.29 is 14.3 Å². The molecule has 0 saturated carbocycles. The van der Waals surface area contributed by atoms with Crippen molar-refractivity contribution in [1.29, 1.82) is 0 Å². The van der Waals surface area contributed by atoms with E-state index in [1.165, 1.54) is 18.4 Å². The molecule has 0 spiro atoms. The van der Waals surface area contributed by atoms with E-state index in [-0.39, 0.29) is 11.6 Å². The molecule has 0 unspecified atom stereocenters. The number of anilines is 2. The number of esters is 1. The second-order valence-corrected chi connectivity index (χ2v) is 8.54. The molecule has 2 N–H and O–H groups in total. The number of amides is 1. The van der Waals surface area contributed by atoms with Gasteiger partial charge in [0.1, 0.15) is 5.69 Å². The van der Waals surface area contributed by atoms with Gasteiger partial charge in [-0.15, -0.1) is 0 Å². The first kappa shape index (κ1) is 20.6. The number of ether oxygens (including phenoxy) is 1. The van der Waals surface area contributed by atoms with Crippen LogP contribution in [0.2, 0.25) is 0 Å². The van der Waals surface area contributed by atoms with E-state index in [0.29, 0.717) is 18.3 Å². The number of aromatic amines is 1. The topological polar surface area (TPSA) is 77.7 Å². The summed E-state index contributed by atoms with van der Waals surface area (Å²) in [5, 5.41) is 3.75. The smallest absolute Gasteiger partial charge is 0.356 e. The number of rotatable bonds is 5. The van der Waals surface area contributed by atoms with Crippen LogP contribution in [-0.4, -0.2) is 61.1 Å². The standard InChI is InChI=1S/C25H28N4O3/c1-32-25(31)24-23(19-7-3-4-8-20(19)26-24)27-22(30)16-28-13-11-18(12-14-28)29-15-10-17-6-2-5-9-21(17)29/h2-9,18,26H,10-16H2,1H3,(H,27,30). The summed E-state index contributed by atoms with van der Waals surface area (Å²) in [5.74, 6) is -0.618. The van der Waals surface area contributed by atoms with Gasteiger partial charge in [0.15, 0.2) is 0 Å². The lowest BCUT2D eigenvalue weighted by Gasteiger charge is -2.37. The van der Waals surface area contributed by atoms with Gasteiger partial charge in [-0.25, -0.2) is 4.79 Å². The van der Waals surface area contributed by atoms with Crippen molar-refractivity contribution in [2.45, 2.75) is 25.3 Å². The lowest BCUT2D eigenvalue weighted by Crippen LogP contribution is -2.46. The van der Waals surface area contributed by atoms with Crippen LogP contribution in [-0.2, 0) is 16.0 Å². The Morgan fingerprint density at radius 2 is 1.81 bits per heavy atom. The monoisotopic (exact) mass is 432 g/mol. The van der Waals surface area contributed by atoms with Crippen LogP contribution in [0.15, 0.2) is 48.5 Å². The van der Waals surface area contributed by atoms with Crippen molar-refractivity contribution in [3.05, 3.63) is 59.8 Å². The highest BCUT2D eigenvalue weighted by molar-refractivity contribution is 6.11. The Hall–Kier alpha value is -3.32. The maximum absolute atomic E-state index is 12.9. The molecule has 5 rings (SSSR count). The third-order valence-corrected chi connectivity index (χ3v) is 6.65. The second-order valence-electron chi connectivity index (χ2n) is 8.54. The number of nitrogens with one attached hydrogen (secondary N) is 2. The van der Waals surface area contributed by atoms with Gasteiger partial charge in [-0.3, -0.25) is 9.69 Å². The highest BCUT2D eigenvalue weighted by atomic mass is 16.5. The number of fused-ring (bicyclic) bond motifs is 2. The van der Waals surface area contributed by atoms with Gasteiger partial charge in [-0.1, -0.05) is 36.4 Å². The summed E-state index contributed by atoms with van der Waals surface area (Å²) < 4.78 is 4.89. The molecule has 0 radical (unpaired) electrons. The number of methoxy groups -OCH3 is 1. The predicted octanol–water partition coefficient (Wildman–Crippen LogP) is 3.42. The Morgan fingerprint density at radius 1 is 1.06 bits per heavy atom. The quantitative estimate of drug-likeness (QED) is 0.604. The number of likely N-dealkylation sites (tertiary alicyclic amines) is 1. The van der Waals surface area contributed by atoms with E-state index in [2.05, 4.69) is 44.4 Å². The molecular weight excluding hydrogens is 404 g/mol. The van der Waals surface area contributed by atoms with Crippen LogP contribution in [0.25, 0.3) is 10.9 Å². The third-order valence-electron chi connectivity index (χ3n) is 6.65. The van der Waals surface area contributed by atoms with Crippen LogP contribution >= 0.6 is 0 Å². The zero-order valence-corrected chi connectivity index (χ0v) is 18.3. The Morgan fingerprint density at radius 3 is 2.62 bits per heavy atom. The van der Waals surface area contributed by atoms with Crippen molar-refractivity contribution in [3.63, 3.8) is 0 Å². The van der Waals surface area contributed by atoms with Gasteiger partial charge in [0, 0.05) is 42.3 Å². The number of aromatic nitrogens is 1. The maximum atomic E-state index is 12.9. The number of nitrogens with zero attached hydrogens (tertiary/aromatic N) is 2. The van der Waals surface area contributed by atoms with Crippen molar-refractivity contribution in [2.75, 3.05) is 43.5 Å². The molecule has 3 heterocycles. The average Bonchev–Trinajstić information content (AvgIpc) is 3.41. The molecule has 0 aliphatic carbocycles. The zero-order chi connectivity index (χ0) is 22.1. The van der Waals surface area contributed by atoms with Crippen LogP contribution in [0, 0.1) is 0 Å². The fourth-order valence-electron chi connectivity index (χ4n) is 5.04. The van der Waals surface area contributed by atoms with Crippen molar-refractivity contribution in [3.8, 4) is 0 Å². The molecular formula is C25H28N4O3. The van der Waals surface area contributed by atoms with Gasteiger partial charge >= 0.3 is 5.97 Å². The molecule has 32 heavy (non-hydrogen) atoms. The van der Waals surface area contributed by atoms with Gasteiger partial charge in [0.05, 0.1) is 19.3 Å². The lowest BCUT2D eigenvalue weighted by molar-refractivity contribution is -0.117. The van der Waals surface area contributed by atoms with E-state index in [0.717, 1.165) is 49.8 Å². The minimum atomic E-state index is -0.497. The summed E-state index contributed by atoms with van der Waals surface area (Å²) in [6.45, 7) is 3.16. The molecule has 1 amide bonds. The Bertz CT molecular complexity index is 1150. The lowest BCUT2D eigenvalue weighted by atomic mass is 10.0. The van der Waals surface area contributed by atoms with Crippen LogP contribution in [0.3, 0.4) is 0 Å². The van der Waals surface area contributed by atoms with Crippen molar-refractivity contribution >= 4 is 34.2 Å². The molecule has 1 saturated heterocycles. The van der Waals surface area contributed by atoms with Crippen LogP contribution in [0.1, 0.15) is 28.9 Å². The molecule has 2 aromatic carbocycles. The maximum Gasteiger partial charge on any atom is 0.356 e. The van der Waals surface area contributed by atoms with E-state index in [9.17, 15) is 9.59 Å². The number of hydrogen-bond donors (Lipinski definition) is 2. The van der Waals surface area contributed by atoms with Crippen LogP contribution in [0.4, 0.5) is 11.4 Å². The summed E-state index contributed by atoms with van der Waals surface area (Å²) in [6.07, 6.45) is 3.20. The summed E-state index contributed by atoms with van der Waals surface area (Å²) in [7, 11) is 1.34. The molecule has 0 bridgehead atoms. The van der Waals surface area contributed by atoms with E-state index in [1.807, 2.05) is 24.3 Å². The summed E-state index contributed by atoms with van der Waals surface area (Å²) in [4.78, 5) is 32.9. The van der Waals surface area contributed by atoms with E-state index < -0.39 is 5.97 Å². The minimum absolute atomic E-state index is 0.120. The number of piperidine rings is 1. The van der Waals surface area contributed by atoms with Gasteiger partial charge in [-0.2, -0.15) is 0 Å². The second kappa shape index (κ2) is 8.67. The van der Waals surface area contributed by atoms with Gasteiger partial charge in [0.25, 0.3) is 0 Å². The normalized spacial score (nSPS) is 16.8. The highest BCUT2D eigenvalue weighted by Gasteiger charge is 2.30. The van der Waals surface area contributed by atoms with E-state index >= 15 is 0 Å².